The number of hydrogen-bond donors (Lipinski definition) is 2. The van der Waals surface area contributed by atoms with Gasteiger partial charge in [0.15, 0.2) is 0 Å². The number of Topliss-reactive ketones (excluding diaryl/α,β-unsaturated/α-hetero) is 2. The van der Waals surface area contributed by atoms with Gasteiger partial charge in [-0.2, -0.15) is 0 Å². The highest BCUT2D eigenvalue weighted by Gasteiger charge is 1.93. The lowest BCUT2D eigenvalue weighted by Gasteiger charge is -2.04. The van der Waals surface area contributed by atoms with E-state index in [1.807, 2.05) is 0 Å². The highest BCUT2D eigenvalue weighted by molar-refractivity contribution is 5.75. The molecule has 0 spiro atoms. The molecule has 0 unspecified atom stereocenters. The van der Waals surface area contributed by atoms with Crippen molar-refractivity contribution in [1.29, 1.82) is 0 Å². The first-order valence-electron chi connectivity index (χ1n) is 5.03. The molecule has 0 aromatic heterocycles. The Balaban J connectivity index is 2.99. The molecule has 0 heterocycles. The van der Waals surface area contributed by atoms with Crippen molar-refractivity contribution in [2.24, 2.45) is 0 Å². The van der Waals surface area contributed by atoms with Crippen LogP contribution < -0.4 is 10.6 Å². The molecule has 0 radical (unpaired) electrons. The highest BCUT2D eigenvalue weighted by Crippen LogP contribution is 1.78. The Bertz CT molecular complexity index is 161. The Morgan fingerprint density at radius 3 is 1.43 bits per heavy atom. The maximum Gasteiger partial charge on any atom is 0.131 e. The summed E-state index contributed by atoms with van der Waals surface area (Å²) in [4.78, 5) is 21.1. The molecule has 0 rings (SSSR count). The number of ketones is 2. The average Bonchev–Trinajstić information content (AvgIpc) is 2.08. The van der Waals surface area contributed by atoms with Crippen LogP contribution in [0.5, 0.6) is 0 Å². The van der Waals surface area contributed by atoms with E-state index in [9.17, 15) is 9.59 Å². The molecule has 0 aliphatic carbocycles. The summed E-state index contributed by atoms with van der Waals surface area (Å²) >= 11 is 0. The van der Waals surface area contributed by atoms with Crippen LogP contribution in [0.1, 0.15) is 26.7 Å². The third-order valence-corrected chi connectivity index (χ3v) is 1.79. The first kappa shape index (κ1) is 13.3. The Kier molecular flexibility index (Phi) is 8.37. The first-order chi connectivity index (χ1) is 6.63. The minimum atomic E-state index is 0.210. The van der Waals surface area contributed by atoms with Crippen LogP contribution in [0.15, 0.2) is 0 Å². The zero-order valence-electron chi connectivity index (χ0n) is 9.06. The lowest BCUT2D eigenvalue weighted by Crippen LogP contribution is -2.29. The predicted octanol–water partition coefficient (Wildman–Crippen LogP) is 0.124. The van der Waals surface area contributed by atoms with E-state index >= 15 is 0 Å². The Morgan fingerprint density at radius 1 is 0.786 bits per heavy atom. The van der Waals surface area contributed by atoms with E-state index in [4.69, 9.17) is 0 Å². The number of carbonyl (C=O) groups is 2. The van der Waals surface area contributed by atoms with E-state index < -0.39 is 0 Å². The second kappa shape index (κ2) is 8.84. The third-order valence-electron chi connectivity index (χ3n) is 1.79. The molecular weight excluding hydrogens is 180 g/mol. The van der Waals surface area contributed by atoms with Gasteiger partial charge in [-0.3, -0.25) is 9.59 Å². The van der Waals surface area contributed by atoms with Gasteiger partial charge in [0, 0.05) is 39.0 Å². The summed E-state index contributed by atoms with van der Waals surface area (Å²) in [6.07, 6.45) is 1.18. The quantitative estimate of drug-likeness (QED) is 0.519. The highest BCUT2D eigenvalue weighted by atomic mass is 16.1. The summed E-state index contributed by atoms with van der Waals surface area (Å²) in [5.74, 6) is 0.420. The zero-order valence-corrected chi connectivity index (χ0v) is 9.06. The van der Waals surface area contributed by atoms with E-state index in [0.29, 0.717) is 12.8 Å². The van der Waals surface area contributed by atoms with Gasteiger partial charge in [0.1, 0.15) is 11.6 Å². The van der Waals surface area contributed by atoms with Gasteiger partial charge >= 0.3 is 0 Å². The first-order valence-corrected chi connectivity index (χ1v) is 5.03. The second-order valence-corrected chi connectivity index (χ2v) is 3.40. The van der Waals surface area contributed by atoms with Crippen molar-refractivity contribution < 1.29 is 9.59 Å². The molecule has 0 bridgehead atoms. The van der Waals surface area contributed by atoms with Crippen LogP contribution in [0.3, 0.4) is 0 Å². The molecule has 14 heavy (non-hydrogen) atoms. The lowest BCUT2D eigenvalue weighted by molar-refractivity contribution is -0.117. The van der Waals surface area contributed by atoms with Crippen molar-refractivity contribution in [3.8, 4) is 0 Å². The van der Waals surface area contributed by atoms with Crippen LogP contribution in [-0.2, 0) is 9.59 Å². The molecule has 0 amide bonds. The molecule has 0 saturated heterocycles. The van der Waals surface area contributed by atoms with Gasteiger partial charge in [-0.25, -0.2) is 0 Å². The van der Waals surface area contributed by atoms with Gasteiger partial charge in [-0.05, 0) is 13.8 Å². The fourth-order valence-corrected chi connectivity index (χ4v) is 0.956. The van der Waals surface area contributed by atoms with Gasteiger partial charge in [-0.1, -0.05) is 0 Å². The summed E-state index contributed by atoms with van der Waals surface area (Å²) in [6.45, 7) is 6.34. The van der Waals surface area contributed by atoms with Gasteiger partial charge in [0.25, 0.3) is 0 Å². The van der Waals surface area contributed by atoms with Gasteiger partial charge in [0.05, 0.1) is 0 Å². The van der Waals surface area contributed by atoms with Crippen LogP contribution in [-0.4, -0.2) is 37.7 Å². The minimum Gasteiger partial charge on any atom is -0.315 e. The second-order valence-electron chi connectivity index (χ2n) is 3.40. The van der Waals surface area contributed by atoms with E-state index in [0.717, 1.165) is 26.2 Å². The van der Waals surface area contributed by atoms with Crippen molar-refractivity contribution >= 4 is 11.6 Å². The Labute approximate surface area is 85.4 Å². The molecule has 2 N–H and O–H groups in total. The summed E-state index contributed by atoms with van der Waals surface area (Å²) in [5, 5.41) is 6.27. The zero-order chi connectivity index (χ0) is 10.8. The van der Waals surface area contributed by atoms with E-state index in [-0.39, 0.29) is 11.6 Å². The molecule has 0 fully saturated rings. The molecule has 0 aliphatic heterocycles. The topological polar surface area (TPSA) is 58.2 Å². The van der Waals surface area contributed by atoms with Crippen molar-refractivity contribution in [1.82, 2.24) is 10.6 Å². The molecule has 0 atom stereocenters. The fraction of sp³-hybridized carbons (Fsp3) is 0.800. The van der Waals surface area contributed by atoms with Crippen LogP contribution in [0.25, 0.3) is 0 Å². The van der Waals surface area contributed by atoms with Gasteiger partial charge < -0.3 is 10.6 Å². The molecule has 82 valence electrons. The number of hydrogen-bond acceptors (Lipinski definition) is 4. The molecule has 0 aromatic carbocycles. The van der Waals surface area contributed by atoms with Gasteiger partial charge in [-0.15, -0.1) is 0 Å². The van der Waals surface area contributed by atoms with Crippen LogP contribution in [0.2, 0.25) is 0 Å². The minimum absolute atomic E-state index is 0.210. The maximum absolute atomic E-state index is 10.6. The summed E-state index contributed by atoms with van der Waals surface area (Å²) in [6, 6.07) is 0. The SMILES string of the molecule is CC(=O)CCNCCNCCC(C)=O. The fourth-order valence-electron chi connectivity index (χ4n) is 0.956. The standard InChI is InChI=1S/C10H20N2O2/c1-9(13)3-5-11-7-8-12-6-4-10(2)14/h11-12H,3-8H2,1-2H3. The van der Waals surface area contributed by atoms with Crippen LogP contribution in [0, 0.1) is 0 Å². The largest absolute Gasteiger partial charge is 0.315 e. The summed E-state index contributed by atoms with van der Waals surface area (Å²) < 4.78 is 0. The summed E-state index contributed by atoms with van der Waals surface area (Å²) in [5.41, 5.74) is 0. The maximum atomic E-state index is 10.6. The number of carbonyl (C=O) groups excluding carboxylic acids is 2. The molecule has 0 aromatic rings. The Morgan fingerprint density at radius 2 is 1.14 bits per heavy atom. The van der Waals surface area contributed by atoms with Gasteiger partial charge in [0.2, 0.25) is 0 Å². The molecule has 0 saturated carbocycles. The van der Waals surface area contributed by atoms with E-state index in [1.54, 1.807) is 13.8 Å². The number of nitrogens with one attached hydrogen (secondary N) is 2. The molecule has 4 heteroatoms. The predicted molar refractivity (Wildman–Crippen MR) is 56.3 cm³/mol. The van der Waals surface area contributed by atoms with Crippen molar-refractivity contribution in [2.45, 2.75) is 26.7 Å². The lowest BCUT2D eigenvalue weighted by atomic mass is 10.3. The van der Waals surface area contributed by atoms with Crippen molar-refractivity contribution in [3.63, 3.8) is 0 Å². The number of rotatable bonds is 9. The summed E-state index contributed by atoms with van der Waals surface area (Å²) in [7, 11) is 0. The van der Waals surface area contributed by atoms with Crippen molar-refractivity contribution in [3.05, 3.63) is 0 Å². The smallest absolute Gasteiger partial charge is 0.131 e. The van der Waals surface area contributed by atoms with Crippen LogP contribution in [0.4, 0.5) is 0 Å². The molecule has 4 nitrogen and oxygen atoms in total. The molecular formula is C10H20N2O2. The monoisotopic (exact) mass is 200 g/mol. The van der Waals surface area contributed by atoms with Crippen molar-refractivity contribution in [2.75, 3.05) is 26.2 Å². The normalized spacial score (nSPS) is 10.1. The molecule has 0 aliphatic rings. The Hall–Kier alpha value is -0.740. The third kappa shape index (κ3) is 11.3. The van der Waals surface area contributed by atoms with E-state index in [2.05, 4.69) is 10.6 Å². The average molecular weight is 200 g/mol. The van der Waals surface area contributed by atoms with E-state index in [1.165, 1.54) is 0 Å². The van der Waals surface area contributed by atoms with Crippen LogP contribution >= 0.6 is 0 Å².